The zero-order chi connectivity index (χ0) is 22.0. The molecule has 2 aromatic carbocycles. The first kappa shape index (κ1) is 26.9. The molecule has 0 amide bonds. The van der Waals surface area contributed by atoms with Gasteiger partial charge in [-0.2, -0.15) is 0 Å². The van der Waals surface area contributed by atoms with E-state index < -0.39 is 0 Å². The summed E-state index contributed by atoms with van der Waals surface area (Å²) in [5.74, 6) is 0. The summed E-state index contributed by atoms with van der Waals surface area (Å²) >= 11 is 0.611. The van der Waals surface area contributed by atoms with Gasteiger partial charge in [0, 0.05) is 9.80 Å². The Morgan fingerprint density at radius 1 is 0.968 bits per heavy atom. The van der Waals surface area contributed by atoms with E-state index in [1.54, 1.807) is 32.7 Å². The zero-order valence-corrected chi connectivity index (χ0v) is 24.5. The van der Waals surface area contributed by atoms with E-state index in [2.05, 4.69) is 92.4 Å². The summed E-state index contributed by atoms with van der Waals surface area (Å²) in [6.45, 7) is 6.01. The molecule has 0 fully saturated rings. The van der Waals surface area contributed by atoms with Crippen molar-refractivity contribution in [3.05, 3.63) is 114 Å². The first-order valence-corrected chi connectivity index (χ1v) is 23.5. The number of unbranched alkanes of at least 4 members (excludes halogenated alkanes) is 1. The fourth-order valence-electron chi connectivity index (χ4n) is 2.58. The van der Waals surface area contributed by atoms with Gasteiger partial charge in [-0.3, -0.25) is 0 Å². The minimum atomic E-state index is 0.301. The van der Waals surface area contributed by atoms with E-state index in [1.807, 2.05) is 12.1 Å². The fraction of sp³-hybridized carbons (Fsp3) is 0.259. The van der Waals surface area contributed by atoms with E-state index in [0.29, 0.717) is 34.1 Å². The average Bonchev–Trinajstić information content (AvgIpc) is 2.84. The van der Waals surface area contributed by atoms with Crippen molar-refractivity contribution < 1.29 is 0 Å². The molecular weight excluding hydrogens is 644 g/mol. The maximum absolute atomic E-state index is 3.82. The van der Waals surface area contributed by atoms with E-state index in [-0.39, 0.29) is 0 Å². The van der Waals surface area contributed by atoms with Crippen LogP contribution < -0.4 is 0 Å². The summed E-state index contributed by atoms with van der Waals surface area (Å²) in [5, 5.41) is 0. The number of hydrogen-bond acceptors (Lipinski definition) is 2. The van der Waals surface area contributed by atoms with Crippen molar-refractivity contribution in [2.24, 2.45) is 0 Å². The number of rotatable bonds is 11. The van der Waals surface area contributed by atoms with Crippen LogP contribution in [-0.2, 0) is 4.47 Å². The van der Waals surface area contributed by atoms with Crippen molar-refractivity contribution >= 4 is 55.7 Å². The Hall–Kier alpha value is -0.321. The van der Waals surface area contributed by atoms with E-state index in [0.717, 1.165) is 6.42 Å². The van der Waals surface area contributed by atoms with Crippen LogP contribution in [0.2, 0.25) is 4.47 Å². The summed E-state index contributed by atoms with van der Waals surface area (Å²) < 4.78 is 2.85. The summed E-state index contributed by atoms with van der Waals surface area (Å²) in [5.41, 5.74) is 3.19. The van der Waals surface area contributed by atoms with Crippen LogP contribution in [0, 0.1) is 0 Å². The number of benzene rings is 2. The van der Waals surface area contributed by atoms with E-state index in [9.17, 15) is 0 Å². The predicted octanol–water partition coefficient (Wildman–Crippen LogP) is 8.50. The van der Waals surface area contributed by atoms with Crippen molar-refractivity contribution in [1.82, 2.24) is 0 Å². The molecule has 0 atom stereocenters. The molecule has 0 bridgehead atoms. The number of hydrogen-bond donors (Lipinski definition) is 0. The van der Waals surface area contributed by atoms with Gasteiger partial charge in [0.15, 0.2) is 0 Å². The summed E-state index contributed by atoms with van der Waals surface area (Å²) in [6, 6.07) is 21.4. The molecule has 0 saturated heterocycles. The molecule has 0 saturated carbocycles. The van der Waals surface area contributed by atoms with Crippen LogP contribution in [0.5, 0.6) is 0 Å². The van der Waals surface area contributed by atoms with Gasteiger partial charge >= 0.3 is 116 Å². The van der Waals surface area contributed by atoms with Crippen LogP contribution >= 0.6 is 21.6 Å². The van der Waals surface area contributed by atoms with Gasteiger partial charge in [0.2, 0.25) is 0 Å². The molecule has 0 aliphatic heterocycles. The molecule has 1 aliphatic rings. The largest absolute Gasteiger partial charge is 0.0979 e. The third-order valence-electron chi connectivity index (χ3n) is 4.26. The Labute approximate surface area is 213 Å². The molecule has 164 valence electrons. The maximum atomic E-state index is 3.82. The third kappa shape index (κ3) is 13.1. The zero-order valence-electron chi connectivity index (χ0n) is 18.2. The molecule has 2 aromatic rings. The second-order valence-electron chi connectivity index (χ2n) is 6.85. The average molecular weight is 676 g/mol. The monoisotopic (exact) mass is 680 g/mol. The summed E-state index contributed by atoms with van der Waals surface area (Å²) in [4.78, 5) is 2.54. The van der Waals surface area contributed by atoms with Gasteiger partial charge < -0.3 is 0 Å². The van der Waals surface area contributed by atoms with Crippen molar-refractivity contribution in [1.29, 1.82) is 0 Å². The van der Waals surface area contributed by atoms with Crippen LogP contribution in [0.3, 0.4) is 0 Å². The molecule has 1 aliphatic carbocycles. The summed E-state index contributed by atoms with van der Waals surface area (Å²) in [6.07, 6.45) is 16.1. The fourth-order valence-corrected chi connectivity index (χ4v) is 15.4. The maximum Gasteiger partial charge on any atom is 0.0186 e. The Kier molecular flexibility index (Phi) is 15.8. The van der Waals surface area contributed by atoms with E-state index >= 15 is 0 Å². The minimum Gasteiger partial charge on any atom is -0.0979 e. The van der Waals surface area contributed by atoms with Crippen molar-refractivity contribution in [2.75, 3.05) is 0 Å². The smallest absolute Gasteiger partial charge is 0.0186 e. The molecule has 4 heteroatoms. The van der Waals surface area contributed by atoms with Gasteiger partial charge in [0.25, 0.3) is 0 Å². The van der Waals surface area contributed by atoms with Crippen LogP contribution in [-0.4, -0.2) is 34.1 Å². The molecule has 31 heavy (non-hydrogen) atoms. The molecule has 0 spiro atoms. The van der Waals surface area contributed by atoms with Crippen molar-refractivity contribution in [3.8, 4) is 0 Å². The molecule has 0 heterocycles. The predicted molar refractivity (Wildman–Crippen MR) is 146 cm³/mol. The molecule has 3 rings (SSSR count). The Morgan fingerprint density at radius 3 is 2.32 bits per heavy atom. The first-order chi connectivity index (χ1) is 15.3. The SMILES string of the molecule is C1=CC(C[Te][Te]Cc2ccccc2)=CCC1.C=C/C(=C\CCC)SSc1ccccc1. The Balaban J connectivity index is 0.000000221. The van der Waals surface area contributed by atoms with Crippen molar-refractivity contribution in [2.45, 2.75) is 46.4 Å². The van der Waals surface area contributed by atoms with Crippen LogP contribution in [0.1, 0.15) is 38.2 Å². The second kappa shape index (κ2) is 18.1. The van der Waals surface area contributed by atoms with Gasteiger partial charge in [-0.1, -0.05) is 71.9 Å². The van der Waals surface area contributed by atoms with Gasteiger partial charge in [0.05, 0.1) is 0 Å². The minimum absolute atomic E-state index is 0.301. The summed E-state index contributed by atoms with van der Waals surface area (Å²) in [7, 11) is 3.55. The van der Waals surface area contributed by atoms with E-state index in [4.69, 9.17) is 0 Å². The topological polar surface area (TPSA) is 0 Å². The molecular formula is C27H32S2Te2. The molecule has 0 N–H and O–H groups in total. The molecule has 0 unspecified atom stereocenters. The molecule has 0 nitrogen and oxygen atoms in total. The molecule has 0 aromatic heterocycles. The third-order valence-corrected chi connectivity index (χ3v) is 17.5. The Bertz CT molecular complexity index is 827. The van der Waals surface area contributed by atoms with E-state index in [1.165, 1.54) is 38.0 Å². The normalized spacial score (nSPS) is 13.2. The van der Waals surface area contributed by atoms with Gasteiger partial charge in [0.1, 0.15) is 0 Å². The first-order valence-electron chi connectivity index (χ1n) is 10.7. The second-order valence-corrected chi connectivity index (χ2v) is 21.1. The quantitative estimate of drug-likeness (QED) is 0.101. The van der Waals surface area contributed by atoms with Crippen LogP contribution in [0.15, 0.2) is 113 Å². The standard InChI is InChI=1S/C14H16Te2.C13H16S2/c1-3-7-13(8-4-1)11-15-16-12-14-9-5-2-6-10-14;1-3-5-9-12(4-2)14-15-13-10-7-6-8-11-13/h1,3-5,7-10H,2,6,11-12H2;4,6-11H,2-3,5H2,1H3/b;12-9+. The van der Waals surface area contributed by atoms with Crippen LogP contribution in [0.4, 0.5) is 0 Å². The Morgan fingerprint density at radius 2 is 1.68 bits per heavy atom. The van der Waals surface area contributed by atoms with Gasteiger partial charge in [-0.15, -0.1) is 0 Å². The molecule has 0 radical (unpaired) electrons. The number of allylic oxidation sites excluding steroid dienone is 6. The van der Waals surface area contributed by atoms with Crippen LogP contribution in [0.25, 0.3) is 0 Å². The van der Waals surface area contributed by atoms with Gasteiger partial charge in [-0.05, 0) is 18.6 Å². The van der Waals surface area contributed by atoms with Gasteiger partial charge in [-0.25, -0.2) is 0 Å². The van der Waals surface area contributed by atoms with Crippen molar-refractivity contribution in [3.63, 3.8) is 0 Å².